The van der Waals surface area contributed by atoms with E-state index < -0.39 is 0 Å². The Hall–Kier alpha value is -0.910. The van der Waals surface area contributed by atoms with Gasteiger partial charge in [-0.25, -0.2) is 0 Å². The Morgan fingerprint density at radius 3 is 2.95 bits per heavy atom. The number of rotatable bonds is 3. The summed E-state index contributed by atoms with van der Waals surface area (Å²) in [5.41, 5.74) is 0.752. The Labute approximate surface area is 129 Å². The summed E-state index contributed by atoms with van der Waals surface area (Å²) < 4.78 is 6.08. The number of aliphatic hydroxyl groups excluding tert-OH is 1. The van der Waals surface area contributed by atoms with Crippen LogP contribution in [0.25, 0.3) is 0 Å². The SMILES string of the molecule is O=C(c1ccsc1)N1CCC2(CC1)CC(CCO)CCO2. The lowest BCUT2D eigenvalue weighted by Gasteiger charge is -2.46. The highest BCUT2D eigenvalue weighted by Gasteiger charge is 2.40. The van der Waals surface area contributed by atoms with Gasteiger partial charge in [-0.1, -0.05) is 0 Å². The van der Waals surface area contributed by atoms with E-state index in [4.69, 9.17) is 9.84 Å². The number of carbonyl (C=O) groups is 1. The minimum atomic E-state index is -0.0521. The molecule has 1 amide bonds. The Bertz CT molecular complexity index is 464. The van der Waals surface area contributed by atoms with Crippen molar-refractivity contribution < 1.29 is 14.6 Å². The zero-order valence-electron chi connectivity index (χ0n) is 12.3. The quantitative estimate of drug-likeness (QED) is 0.933. The summed E-state index contributed by atoms with van der Waals surface area (Å²) in [5, 5.41) is 13.0. The largest absolute Gasteiger partial charge is 0.396 e. The van der Waals surface area contributed by atoms with Gasteiger partial charge in [0.2, 0.25) is 0 Å². The van der Waals surface area contributed by atoms with Gasteiger partial charge in [-0.2, -0.15) is 11.3 Å². The number of likely N-dealkylation sites (tertiary alicyclic amines) is 1. The number of nitrogens with zero attached hydrogens (tertiary/aromatic N) is 1. The molecule has 0 radical (unpaired) electrons. The molecule has 21 heavy (non-hydrogen) atoms. The number of thiophene rings is 1. The highest BCUT2D eigenvalue weighted by atomic mass is 32.1. The molecular formula is C16H23NO3S. The Morgan fingerprint density at radius 1 is 1.48 bits per heavy atom. The first kappa shape index (κ1) is 15.0. The highest BCUT2D eigenvalue weighted by Crippen LogP contribution is 2.38. The van der Waals surface area contributed by atoms with Crippen molar-refractivity contribution in [3.63, 3.8) is 0 Å². The standard InChI is InChI=1S/C16H23NO3S/c18-8-1-13-2-9-20-16(11-13)4-6-17(7-5-16)15(19)14-3-10-21-12-14/h3,10,12-13,18H,1-2,4-9,11H2. The third kappa shape index (κ3) is 3.30. The van der Waals surface area contributed by atoms with Crippen molar-refractivity contribution in [2.45, 2.75) is 37.7 Å². The lowest BCUT2D eigenvalue weighted by molar-refractivity contribution is -0.125. The molecule has 1 aromatic heterocycles. The average molecular weight is 309 g/mol. The van der Waals surface area contributed by atoms with Crippen LogP contribution >= 0.6 is 11.3 Å². The van der Waals surface area contributed by atoms with Gasteiger partial charge in [0.15, 0.2) is 0 Å². The number of piperidine rings is 1. The van der Waals surface area contributed by atoms with Crippen molar-refractivity contribution in [2.75, 3.05) is 26.3 Å². The summed E-state index contributed by atoms with van der Waals surface area (Å²) in [6, 6.07) is 1.89. The lowest BCUT2D eigenvalue weighted by atomic mass is 9.78. The molecule has 2 aliphatic heterocycles. The molecule has 0 saturated carbocycles. The number of hydrogen-bond acceptors (Lipinski definition) is 4. The second kappa shape index (κ2) is 6.46. The zero-order valence-corrected chi connectivity index (χ0v) is 13.1. The van der Waals surface area contributed by atoms with Crippen LogP contribution < -0.4 is 0 Å². The molecule has 4 nitrogen and oxygen atoms in total. The van der Waals surface area contributed by atoms with Crippen LogP contribution in [0.5, 0.6) is 0 Å². The predicted molar refractivity (Wildman–Crippen MR) is 82.6 cm³/mol. The second-order valence-electron chi connectivity index (χ2n) is 6.21. The lowest BCUT2D eigenvalue weighted by Crippen LogP contribution is -2.50. The molecule has 5 heteroatoms. The van der Waals surface area contributed by atoms with Gasteiger partial charge in [-0.3, -0.25) is 4.79 Å². The Morgan fingerprint density at radius 2 is 2.29 bits per heavy atom. The molecule has 3 heterocycles. The predicted octanol–water partition coefficient (Wildman–Crippen LogP) is 2.53. The molecule has 2 saturated heterocycles. The fraction of sp³-hybridized carbons (Fsp3) is 0.688. The molecule has 1 atom stereocenters. The van der Waals surface area contributed by atoms with Gasteiger partial charge in [0.1, 0.15) is 0 Å². The monoisotopic (exact) mass is 309 g/mol. The topological polar surface area (TPSA) is 49.8 Å². The van der Waals surface area contributed by atoms with Crippen LogP contribution in [-0.4, -0.2) is 47.8 Å². The van der Waals surface area contributed by atoms with Crippen molar-refractivity contribution >= 4 is 17.2 Å². The molecule has 1 N–H and O–H groups in total. The molecule has 116 valence electrons. The van der Waals surface area contributed by atoms with Gasteiger partial charge in [0.25, 0.3) is 5.91 Å². The number of ether oxygens (including phenoxy) is 1. The molecule has 1 spiro atoms. The van der Waals surface area contributed by atoms with Gasteiger partial charge < -0.3 is 14.7 Å². The van der Waals surface area contributed by atoms with Crippen LogP contribution in [0, 0.1) is 5.92 Å². The van der Waals surface area contributed by atoms with Crippen molar-refractivity contribution in [1.82, 2.24) is 4.90 Å². The Balaban J connectivity index is 1.58. The van der Waals surface area contributed by atoms with Crippen molar-refractivity contribution in [2.24, 2.45) is 5.92 Å². The van der Waals surface area contributed by atoms with E-state index in [1.54, 1.807) is 11.3 Å². The maximum Gasteiger partial charge on any atom is 0.254 e. The summed E-state index contributed by atoms with van der Waals surface area (Å²) >= 11 is 1.56. The first-order valence-corrected chi connectivity index (χ1v) is 8.73. The van der Waals surface area contributed by atoms with E-state index in [0.29, 0.717) is 5.92 Å². The molecule has 2 aliphatic rings. The number of aliphatic hydroxyl groups is 1. The highest BCUT2D eigenvalue weighted by molar-refractivity contribution is 7.08. The molecule has 3 rings (SSSR count). The van der Waals surface area contributed by atoms with E-state index >= 15 is 0 Å². The van der Waals surface area contributed by atoms with E-state index in [0.717, 1.165) is 57.4 Å². The minimum absolute atomic E-state index is 0.0521. The summed E-state index contributed by atoms with van der Waals surface area (Å²) in [5.74, 6) is 0.719. The first-order valence-electron chi connectivity index (χ1n) is 7.79. The van der Waals surface area contributed by atoms with E-state index in [2.05, 4.69) is 0 Å². The summed E-state index contributed by atoms with van der Waals surface area (Å²) in [6.45, 7) is 2.62. The average Bonchev–Trinajstić information content (AvgIpc) is 3.02. The van der Waals surface area contributed by atoms with Gasteiger partial charge in [0.05, 0.1) is 11.2 Å². The van der Waals surface area contributed by atoms with Crippen LogP contribution in [-0.2, 0) is 4.74 Å². The van der Waals surface area contributed by atoms with Crippen molar-refractivity contribution in [3.8, 4) is 0 Å². The minimum Gasteiger partial charge on any atom is -0.396 e. The maximum absolute atomic E-state index is 12.4. The maximum atomic E-state index is 12.4. The summed E-state index contributed by atoms with van der Waals surface area (Å²) in [4.78, 5) is 14.3. The summed E-state index contributed by atoms with van der Waals surface area (Å²) in [6.07, 6.45) is 4.81. The van der Waals surface area contributed by atoms with E-state index in [-0.39, 0.29) is 18.1 Å². The smallest absolute Gasteiger partial charge is 0.254 e. The third-order valence-corrected chi connectivity index (χ3v) is 5.55. The molecule has 1 unspecified atom stereocenters. The normalized spacial score (nSPS) is 25.2. The van der Waals surface area contributed by atoms with E-state index in [1.807, 2.05) is 21.7 Å². The first-order chi connectivity index (χ1) is 10.2. The second-order valence-corrected chi connectivity index (χ2v) is 6.99. The fourth-order valence-electron chi connectivity index (χ4n) is 3.59. The molecule has 0 aliphatic carbocycles. The van der Waals surface area contributed by atoms with Crippen LogP contribution in [0.4, 0.5) is 0 Å². The molecule has 0 bridgehead atoms. The number of amides is 1. The van der Waals surface area contributed by atoms with E-state index in [1.165, 1.54) is 0 Å². The summed E-state index contributed by atoms with van der Waals surface area (Å²) in [7, 11) is 0. The van der Waals surface area contributed by atoms with Gasteiger partial charge in [-0.15, -0.1) is 0 Å². The van der Waals surface area contributed by atoms with Gasteiger partial charge in [0, 0.05) is 31.7 Å². The van der Waals surface area contributed by atoms with Gasteiger partial charge >= 0.3 is 0 Å². The van der Waals surface area contributed by atoms with Crippen LogP contribution in [0.2, 0.25) is 0 Å². The molecular weight excluding hydrogens is 286 g/mol. The van der Waals surface area contributed by atoms with Crippen LogP contribution in [0.15, 0.2) is 16.8 Å². The fourth-order valence-corrected chi connectivity index (χ4v) is 4.22. The molecule has 2 fully saturated rings. The Kier molecular flexibility index (Phi) is 4.62. The number of carbonyl (C=O) groups excluding carboxylic acids is 1. The zero-order chi connectivity index (χ0) is 14.7. The van der Waals surface area contributed by atoms with Crippen LogP contribution in [0.3, 0.4) is 0 Å². The number of hydrogen-bond donors (Lipinski definition) is 1. The van der Waals surface area contributed by atoms with E-state index in [9.17, 15) is 4.79 Å². The van der Waals surface area contributed by atoms with Crippen molar-refractivity contribution in [1.29, 1.82) is 0 Å². The molecule has 0 aromatic carbocycles. The van der Waals surface area contributed by atoms with Gasteiger partial charge in [-0.05, 0) is 49.5 Å². The third-order valence-electron chi connectivity index (χ3n) is 4.86. The van der Waals surface area contributed by atoms with Crippen LogP contribution in [0.1, 0.15) is 42.5 Å². The molecule has 1 aromatic rings. The van der Waals surface area contributed by atoms with Crippen molar-refractivity contribution in [3.05, 3.63) is 22.4 Å².